The zero-order valence-electron chi connectivity index (χ0n) is 8.48. The number of halogens is 3. The highest BCUT2D eigenvalue weighted by molar-refractivity contribution is 6.32. The normalized spacial score (nSPS) is 10.9. The van der Waals surface area contributed by atoms with Crippen LogP contribution in [0.1, 0.15) is 5.69 Å². The molecule has 0 N–H and O–H groups in total. The lowest BCUT2D eigenvalue weighted by molar-refractivity contribution is -0.0497. The van der Waals surface area contributed by atoms with Gasteiger partial charge in [0.2, 0.25) is 0 Å². The van der Waals surface area contributed by atoms with E-state index >= 15 is 0 Å². The van der Waals surface area contributed by atoms with Gasteiger partial charge < -0.3 is 4.74 Å². The van der Waals surface area contributed by atoms with Crippen molar-refractivity contribution >= 4 is 11.6 Å². The van der Waals surface area contributed by atoms with E-state index in [9.17, 15) is 8.78 Å². The number of benzene rings is 1. The zero-order chi connectivity index (χ0) is 12.4. The highest BCUT2D eigenvalue weighted by Crippen LogP contribution is 2.28. The monoisotopic (exact) mass is 258 g/mol. The van der Waals surface area contributed by atoms with Gasteiger partial charge in [-0.25, -0.2) is 4.68 Å². The van der Waals surface area contributed by atoms with Crippen molar-refractivity contribution in [3.05, 3.63) is 42.0 Å². The lowest BCUT2D eigenvalue weighted by Gasteiger charge is -2.08. The molecular formula is C10H7ClF2N3O. The molecule has 1 aromatic carbocycles. The first-order chi connectivity index (χ1) is 8.06. The van der Waals surface area contributed by atoms with Crippen LogP contribution in [0.4, 0.5) is 8.78 Å². The van der Waals surface area contributed by atoms with Crippen LogP contribution in [0.15, 0.2) is 24.4 Å². The molecule has 0 atom stereocenters. The van der Waals surface area contributed by atoms with Gasteiger partial charge in [0.05, 0.1) is 22.6 Å². The molecule has 0 aliphatic heterocycles. The third kappa shape index (κ3) is 2.71. The van der Waals surface area contributed by atoms with E-state index < -0.39 is 6.61 Å². The van der Waals surface area contributed by atoms with Crippen LogP contribution in [-0.2, 0) is 0 Å². The van der Waals surface area contributed by atoms with Gasteiger partial charge >= 0.3 is 6.61 Å². The molecule has 7 heteroatoms. The molecule has 0 fully saturated rings. The summed E-state index contributed by atoms with van der Waals surface area (Å²) in [4.78, 5) is 0. The fourth-order valence-corrected chi connectivity index (χ4v) is 1.41. The van der Waals surface area contributed by atoms with E-state index in [4.69, 9.17) is 11.6 Å². The van der Waals surface area contributed by atoms with Crippen molar-refractivity contribution in [2.24, 2.45) is 0 Å². The summed E-state index contributed by atoms with van der Waals surface area (Å²) in [7, 11) is 0. The van der Waals surface area contributed by atoms with Gasteiger partial charge in [-0.3, -0.25) is 0 Å². The van der Waals surface area contributed by atoms with Crippen molar-refractivity contribution in [3.63, 3.8) is 0 Å². The van der Waals surface area contributed by atoms with Gasteiger partial charge in [0, 0.05) is 6.07 Å². The molecule has 1 heterocycles. The number of hydrogen-bond donors (Lipinski definition) is 0. The van der Waals surface area contributed by atoms with Gasteiger partial charge in [-0.05, 0) is 19.1 Å². The number of aromatic nitrogens is 3. The van der Waals surface area contributed by atoms with E-state index in [-0.39, 0.29) is 10.8 Å². The van der Waals surface area contributed by atoms with E-state index in [1.54, 1.807) is 12.3 Å². The highest BCUT2D eigenvalue weighted by Gasteiger charge is 2.10. The predicted molar refractivity (Wildman–Crippen MR) is 57.5 cm³/mol. The maximum atomic E-state index is 12.1. The molecule has 2 aromatic rings. The maximum absolute atomic E-state index is 12.1. The van der Waals surface area contributed by atoms with Crippen LogP contribution in [0.25, 0.3) is 5.69 Å². The van der Waals surface area contributed by atoms with E-state index in [1.165, 1.54) is 16.8 Å². The second-order valence-corrected chi connectivity index (χ2v) is 3.55. The lowest BCUT2D eigenvalue weighted by Crippen LogP contribution is -2.03. The average Bonchev–Trinajstić information content (AvgIpc) is 2.67. The minimum absolute atomic E-state index is 0.101. The first kappa shape index (κ1) is 11.8. The Morgan fingerprint density at radius 2 is 2.18 bits per heavy atom. The van der Waals surface area contributed by atoms with Gasteiger partial charge in [-0.1, -0.05) is 16.8 Å². The summed E-state index contributed by atoms with van der Waals surface area (Å²) < 4.78 is 29.9. The lowest BCUT2D eigenvalue weighted by atomic mass is 10.3. The molecule has 0 aliphatic carbocycles. The molecule has 0 bridgehead atoms. The van der Waals surface area contributed by atoms with Gasteiger partial charge in [0.15, 0.2) is 0 Å². The molecular weight excluding hydrogens is 252 g/mol. The standard InChI is InChI=1S/C10H7ClF2N3O/c1-6-5-16(15-14-6)7-2-3-8(11)9(4-7)17-10(12)13/h2-5,10H,1H2. The molecule has 0 spiro atoms. The largest absolute Gasteiger partial charge is 0.433 e. The predicted octanol–water partition coefficient (Wildman–Crippen LogP) is 2.70. The van der Waals surface area contributed by atoms with Gasteiger partial charge in [0.25, 0.3) is 0 Å². The number of nitrogens with zero attached hydrogens (tertiary/aromatic N) is 3. The minimum Gasteiger partial charge on any atom is -0.433 e. The minimum atomic E-state index is -2.93. The van der Waals surface area contributed by atoms with Crippen molar-refractivity contribution in [2.45, 2.75) is 6.61 Å². The van der Waals surface area contributed by atoms with Crippen molar-refractivity contribution < 1.29 is 13.5 Å². The van der Waals surface area contributed by atoms with Gasteiger partial charge in [-0.15, -0.1) is 5.10 Å². The topological polar surface area (TPSA) is 39.9 Å². The number of ether oxygens (including phenoxy) is 1. The summed E-state index contributed by atoms with van der Waals surface area (Å²) in [6.45, 7) is 0.655. The van der Waals surface area contributed by atoms with Crippen LogP contribution in [0.3, 0.4) is 0 Å². The van der Waals surface area contributed by atoms with Crippen LogP contribution < -0.4 is 4.74 Å². The van der Waals surface area contributed by atoms with Gasteiger partial charge in [-0.2, -0.15) is 8.78 Å². The van der Waals surface area contributed by atoms with Gasteiger partial charge in [0.1, 0.15) is 5.75 Å². The summed E-state index contributed by atoms with van der Waals surface area (Å²) in [5, 5.41) is 7.54. The summed E-state index contributed by atoms with van der Waals surface area (Å²) >= 11 is 5.72. The Labute approximate surface area is 101 Å². The van der Waals surface area contributed by atoms with E-state index in [1.807, 2.05) is 0 Å². The molecule has 1 aromatic heterocycles. The SMILES string of the molecule is [CH2]c1cn(-c2ccc(Cl)c(OC(F)F)c2)nn1. The van der Waals surface area contributed by atoms with Crippen molar-refractivity contribution in [3.8, 4) is 11.4 Å². The van der Waals surface area contributed by atoms with Crippen LogP contribution >= 0.6 is 11.6 Å². The number of hydrogen-bond acceptors (Lipinski definition) is 3. The molecule has 4 nitrogen and oxygen atoms in total. The van der Waals surface area contributed by atoms with E-state index in [0.29, 0.717) is 11.4 Å². The second kappa shape index (κ2) is 4.67. The van der Waals surface area contributed by atoms with Crippen LogP contribution in [0.2, 0.25) is 5.02 Å². The van der Waals surface area contributed by atoms with E-state index in [2.05, 4.69) is 22.0 Å². The molecule has 1 radical (unpaired) electrons. The Kier molecular flexibility index (Phi) is 3.23. The van der Waals surface area contributed by atoms with E-state index in [0.717, 1.165) is 0 Å². The van der Waals surface area contributed by atoms with Crippen LogP contribution in [0, 0.1) is 6.92 Å². The Morgan fingerprint density at radius 3 is 2.76 bits per heavy atom. The maximum Gasteiger partial charge on any atom is 0.387 e. The summed E-state index contributed by atoms with van der Waals surface area (Å²) in [6, 6.07) is 4.40. The molecule has 17 heavy (non-hydrogen) atoms. The molecule has 0 amide bonds. The van der Waals surface area contributed by atoms with Crippen molar-refractivity contribution in [1.29, 1.82) is 0 Å². The molecule has 0 saturated heterocycles. The Hall–Kier alpha value is -1.69. The first-order valence-corrected chi connectivity index (χ1v) is 4.93. The summed E-state index contributed by atoms with van der Waals surface area (Å²) in [6.07, 6.45) is 1.55. The van der Waals surface area contributed by atoms with Crippen LogP contribution in [0.5, 0.6) is 5.75 Å². The smallest absolute Gasteiger partial charge is 0.387 e. The Balaban J connectivity index is 2.36. The number of alkyl halides is 2. The second-order valence-electron chi connectivity index (χ2n) is 3.15. The van der Waals surface area contributed by atoms with Crippen LogP contribution in [-0.4, -0.2) is 21.6 Å². The zero-order valence-corrected chi connectivity index (χ0v) is 9.23. The molecule has 89 valence electrons. The third-order valence-corrected chi connectivity index (χ3v) is 2.25. The summed E-state index contributed by atoms with van der Waals surface area (Å²) in [5.41, 5.74) is 0.976. The first-order valence-electron chi connectivity index (χ1n) is 4.55. The number of rotatable bonds is 3. The molecule has 0 aliphatic rings. The quantitative estimate of drug-likeness (QED) is 0.850. The fourth-order valence-electron chi connectivity index (χ4n) is 1.25. The third-order valence-electron chi connectivity index (χ3n) is 1.94. The molecule has 0 unspecified atom stereocenters. The average molecular weight is 259 g/mol. The van der Waals surface area contributed by atoms with Crippen molar-refractivity contribution in [2.75, 3.05) is 0 Å². The van der Waals surface area contributed by atoms with Crippen molar-refractivity contribution in [1.82, 2.24) is 15.0 Å². The molecule has 0 saturated carbocycles. The molecule has 2 rings (SSSR count). The fraction of sp³-hybridized carbons (Fsp3) is 0.100. The summed E-state index contributed by atoms with van der Waals surface area (Å²) in [5.74, 6) is -0.111. The Morgan fingerprint density at radius 1 is 1.41 bits per heavy atom. The Bertz CT molecular complexity index is 530. The highest BCUT2D eigenvalue weighted by atomic mass is 35.5.